The molecule has 78 valence electrons. The monoisotopic (exact) mass is 198 g/mol. The summed E-state index contributed by atoms with van der Waals surface area (Å²) in [6, 6.07) is 0.126. The fourth-order valence-corrected chi connectivity index (χ4v) is 2.24. The van der Waals surface area contributed by atoms with E-state index in [0.717, 1.165) is 25.8 Å². The van der Waals surface area contributed by atoms with E-state index in [2.05, 4.69) is 0 Å². The molecule has 2 rings (SSSR count). The highest BCUT2D eigenvalue weighted by atomic mass is 16.4. The molecule has 0 spiro atoms. The number of hydrogen-bond acceptors (Lipinski definition) is 2. The van der Waals surface area contributed by atoms with Crippen LogP contribution in [-0.4, -0.2) is 52.6 Å². The van der Waals surface area contributed by atoms with E-state index in [1.54, 1.807) is 0 Å². The maximum atomic E-state index is 11.6. The fraction of sp³-hybridized carbons (Fsp3) is 0.778. The number of piperazine rings is 1. The number of carboxylic acid groups (broad SMARTS) is 1. The zero-order valence-electron chi connectivity index (χ0n) is 7.98. The summed E-state index contributed by atoms with van der Waals surface area (Å²) >= 11 is 0. The van der Waals surface area contributed by atoms with Crippen molar-refractivity contribution < 1.29 is 14.7 Å². The molecule has 0 saturated carbocycles. The predicted octanol–water partition coefficient (Wildman–Crippen LogP) is 0.361. The third kappa shape index (κ3) is 1.54. The minimum atomic E-state index is -0.983. The zero-order valence-corrected chi connectivity index (χ0v) is 7.98. The van der Waals surface area contributed by atoms with Crippen LogP contribution in [0.3, 0.4) is 0 Å². The third-order valence-corrected chi connectivity index (χ3v) is 2.98. The second-order valence-electron chi connectivity index (χ2n) is 3.90. The van der Waals surface area contributed by atoms with Crippen LogP contribution in [0.1, 0.15) is 19.3 Å². The van der Waals surface area contributed by atoms with E-state index in [-0.39, 0.29) is 18.5 Å². The smallest absolute Gasteiger partial charge is 0.407 e. The summed E-state index contributed by atoms with van der Waals surface area (Å²) < 4.78 is 0. The molecule has 14 heavy (non-hydrogen) atoms. The highest BCUT2D eigenvalue weighted by Crippen LogP contribution is 2.21. The maximum Gasteiger partial charge on any atom is 0.407 e. The largest absolute Gasteiger partial charge is 0.465 e. The van der Waals surface area contributed by atoms with Gasteiger partial charge in [-0.15, -0.1) is 0 Å². The van der Waals surface area contributed by atoms with Gasteiger partial charge in [0.2, 0.25) is 5.91 Å². The molecule has 0 bridgehead atoms. The van der Waals surface area contributed by atoms with E-state index >= 15 is 0 Å². The van der Waals surface area contributed by atoms with Crippen LogP contribution < -0.4 is 0 Å². The highest BCUT2D eigenvalue weighted by molar-refractivity contribution is 5.83. The van der Waals surface area contributed by atoms with Crippen LogP contribution in [0, 0.1) is 0 Å². The number of carbonyl (C=O) groups is 2. The van der Waals surface area contributed by atoms with Crippen LogP contribution in [0.5, 0.6) is 0 Å². The second-order valence-corrected chi connectivity index (χ2v) is 3.90. The molecule has 1 N–H and O–H groups in total. The molecule has 2 heterocycles. The maximum absolute atomic E-state index is 11.6. The number of hydrogen-bond donors (Lipinski definition) is 1. The van der Waals surface area contributed by atoms with Crippen molar-refractivity contribution in [2.24, 2.45) is 0 Å². The minimum absolute atomic E-state index is 0.0336. The van der Waals surface area contributed by atoms with Gasteiger partial charge in [-0.1, -0.05) is 0 Å². The lowest BCUT2D eigenvalue weighted by atomic mass is 9.99. The Morgan fingerprint density at radius 1 is 1.43 bits per heavy atom. The summed E-state index contributed by atoms with van der Waals surface area (Å²) in [6.45, 7) is 1.32. The van der Waals surface area contributed by atoms with E-state index in [9.17, 15) is 9.59 Å². The van der Waals surface area contributed by atoms with E-state index in [1.807, 2.05) is 4.90 Å². The van der Waals surface area contributed by atoms with E-state index in [0.29, 0.717) is 6.54 Å². The molecule has 1 unspecified atom stereocenters. The van der Waals surface area contributed by atoms with Crippen molar-refractivity contribution in [3.8, 4) is 0 Å². The second kappa shape index (κ2) is 3.48. The Balaban J connectivity index is 2.08. The van der Waals surface area contributed by atoms with Crippen molar-refractivity contribution in [3.63, 3.8) is 0 Å². The van der Waals surface area contributed by atoms with Gasteiger partial charge in [0.15, 0.2) is 0 Å². The van der Waals surface area contributed by atoms with Gasteiger partial charge in [0, 0.05) is 19.1 Å². The molecular formula is C9H14N2O3. The Morgan fingerprint density at radius 3 is 2.93 bits per heavy atom. The Kier molecular flexibility index (Phi) is 2.31. The number of carbonyl (C=O) groups excluding carboxylic acids is 1. The number of nitrogens with zero attached hydrogens (tertiary/aromatic N) is 2. The average Bonchev–Trinajstić information content (AvgIpc) is 2.17. The zero-order chi connectivity index (χ0) is 10.1. The molecule has 0 radical (unpaired) electrons. The topological polar surface area (TPSA) is 60.9 Å². The van der Waals surface area contributed by atoms with Gasteiger partial charge in [-0.25, -0.2) is 4.79 Å². The molecule has 2 amide bonds. The summed E-state index contributed by atoms with van der Waals surface area (Å²) in [4.78, 5) is 25.3. The van der Waals surface area contributed by atoms with E-state index in [4.69, 9.17) is 5.11 Å². The third-order valence-electron chi connectivity index (χ3n) is 2.98. The number of amides is 2. The SMILES string of the molecule is O=C(O)N1CC(=O)N2CCCCC2C1. The first-order valence-electron chi connectivity index (χ1n) is 4.96. The first-order valence-corrected chi connectivity index (χ1v) is 4.96. The molecule has 2 fully saturated rings. The van der Waals surface area contributed by atoms with Crippen LogP contribution in [0.15, 0.2) is 0 Å². The standard InChI is InChI=1S/C9H14N2O3/c12-8-6-10(9(13)14)5-7-3-1-2-4-11(7)8/h7H,1-6H2,(H,13,14). The lowest BCUT2D eigenvalue weighted by molar-refractivity contribution is -0.140. The van der Waals surface area contributed by atoms with Crippen molar-refractivity contribution in [1.82, 2.24) is 9.80 Å². The molecule has 5 nitrogen and oxygen atoms in total. The summed E-state index contributed by atoms with van der Waals surface area (Å²) in [5.74, 6) is -0.0386. The molecule has 0 aliphatic carbocycles. The fourth-order valence-electron chi connectivity index (χ4n) is 2.24. The Morgan fingerprint density at radius 2 is 2.21 bits per heavy atom. The van der Waals surface area contributed by atoms with Gasteiger partial charge in [-0.05, 0) is 19.3 Å². The molecule has 1 atom stereocenters. The molecule has 2 aliphatic rings. The van der Waals surface area contributed by atoms with Gasteiger partial charge < -0.3 is 10.0 Å². The number of rotatable bonds is 0. The van der Waals surface area contributed by atoms with Crippen LogP contribution >= 0.6 is 0 Å². The van der Waals surface area contributed by atoms with Crippen LogP contribution in [0.2, 0.25) is 0 Å². The van der Waals surface area contributed by atoms with Gasteiger partial charge in [0.25, 0.3) is 0 Å². The van der Waals surface area contributed by atoms with E-state index < -0.39 is 6.09 Å². The molecule has 2 saturated heterocycles. The van der Waals surface area contributed by atoms with Gasteiger partial charge in [-0.3, -0.25) is 9.69 Å². The van der Waals surface area contributed by atoms with Crippen molar-refractivity contribution in [3.05, 3.63) is 0 Å². The molecule has 5 heteroatoms. The summed E-state index contributed by atoms with van der Waals surface area (Å²) in [6.07, 6.45) is 2.11. The Labute approximate surface area is 82.3 Å². The van der Waals surface area contributed by atoms with Crippen molar-refractivity contribution in [1.29, 1.82) is 0 Å². The first kappa shape index (κ1) is 9.30. The molecule has 0 aromatic rings. The summed E-state index contributed by atoms with van der Waals surface area (Å²) in [5.41, 5.74) is 0. The minimum Gasteiger partial charge on any atom is -0.465 e. The molecule has 0 aromatic heterocycles. The van der Waals surface area contributed by atoms with Crippen LogP contribution in [-0.2, 0) is 4.79 Å². The van der Waals surface area contributed by atoms with Crippen molar-refractivity contribution in [2.75, 3.05) is 19.6 Å². The quantitative estimate of drug-likeness (QED) is 0.611. The van der Waals surface area contributed by atoms with Gasteiger partial charge in [0.05, 0.1) is 0 Å². The normalized spacial score (nSPS) is 27.4. The lowest BCUT2D eigenvalue weighted by Crippen LogP contribution is -2.58. The van der Waals surface area contributed by atoms with Crippen LogP contribution in [0.25, 0.3) is 0 Å². The van der Waals surface area contributed by atoms with Gasteiger partial charge in [-0.2, -0.15) is 0 Å². The summed E-state index contributed by atoms with van der Waals surface area (Å²) in [5, 5.41) is 8.80. The molecule has 0 aromatic carbocycles. The highest BCUT2D eigenvalue weighted by Gasteiger charge is 2.35. The average molecular weight is 198 g/mol. The van der Waals surface area contributed by atoms with Gasteiger partial charge in [0.1, 0.15) is 6.54 Å². The van der Waals surface area contributed by atoms with E-state index in [1.165, 1.54) is 4.90 Å². The Bertz CT molecular complexity index is 267. The van der Waals surface area contributed by atoms with Crippen LogP contribution in [0.4, 0.5) is 4.79 Å². The number of piperidine rings is 1. The van der Waals surface area contributed by atoms with Crippen molar-refractivity contribution >= 4 is 12.0 Å². The first-order chi connectivity index (χ1) is 6.68. The molecular weight excluding hydrogens is 184 g/mol. The predicted molar refractivity (Wildman–Crippen MR) is 48.9 cm³/mol. The van der Waals surface area contributed by atoms with Crippen molar-refractivity contribution in [2.45, 2.75) is 25.3 Å². The van der Waals surface area contributed by atoms with Gasteiger partial charge >= 0.3 is 6.09 Å². The Hall–Kier alpha value is -1.26. The summed E-state index contributed by atoms with van der Waals surface area (Å²) in [7, 11) is 0. The lowest BCUT2D eigenvalue weighted by Gasteiger charge is -2.42. The molecule has 2 aliphatic heterocycles. The number of fused-ring (bicyclic) bond motifs is 1.